The second-order valence-electron chi connectivity index (χ2n) is 3.63. The van der Waals surface area contributed by atoms with Gasteiger partial charge < -0.3 is 19.9 Å². The van der Waals surface area contributed by atoms with Crippen LogP contribution in [0.2, 0.25) is 0 Å². The van der Waals surface area contributed by atoms with E-state index in [1.165, 1.54) is 20.3 Å². The number of pyridine rings is 1. The van der Waals surface area contributed by atoms with Crippen molar-refractivity contribution in [1.82, 2.24) is 4.98 Å². The quantitative estimate of drug-likeness (QED) is 0.820. The molecule has 0 atom stereocenters. The second-order valence-corrected chi connectivity index (χ2v) is 3.63. The zero-order valence-corrected chi connectivity index (χ0v) is 10.8. The van der Waals surface area contributed by atoms with Gasteiger partial charge in [-0.25, -0.2) is 0 Å². The Hall–Kier alpha value is -2.03. The predicted molar refractivity (Wildman–Crippen MR) is 61.1 cm³/mol. The molecule has 0 radical (unpaired) electrons. The van der Waals surface area contributed by atoms with Crippen LogP contribution in [-0.4, -0.2) is 31.5 Å². The van der Waals surface area contributed by atoms with Crippen LogP contribution in [0.4, 0.5) is 13.2 Å². The van der Waals surface area contributed by atoms with Gasteiger partial charge in [-0.15, -0.1) is 13.2 Å². The van der Waals surface area contributed by atoms with Crippen molar-refractivity contribution in [2.24, 2.45) is 5.73 Å². The average molecular weight is 294 g/mol. The Kier molecular flexibility index (Phi) is 5.14. The van der Waals surface area contributed by atoms with E-state index in [4.69, 9.17) is 10.5 Å². The zero-order valence-electron chi connectivity index (χ0n) is 10.8. The van der Waals surface area contributed by atoms with Crippen LogP contribution in [0.1, 0.15) is 11.1 Å². The first-order valence-electron chi connectivity index (χ1n) is 5.40. The highest BCUT2D eigenvalue weighted by Crippen LogP contribution is 2.29. The third-order valence-electron chi connectivity index (χ3n) is 2.29. The van der Waals surface area contributed by atoms with Gasteiger partial charge in [-0.3, -0.25) is 4.79 Å². The first-order chi connectivity index (χ1) is 9.30. The summed E-state index contributed by atoms with van der Waals surface area (Å²) in [7, 11) is 2.40. The van der Waals surface area contributed by atoms with E-state index in [-0.39, 0.29) is 30.0 Å². The lowest BCUT2D eigenvalue weighted by atomic mass is 10.1. The van der Waals surface area contributed by atoms with Crippen molar-refractivity contribution in [1.29, 1.82) is 0 Å². The maximum absolute atomic E-state index is 12.2. The molecule has 6 nitrogen and oxygen atoms in total. The first kappa shape index (κ1) is 16.0. The number of esters is 1. The number of carbonyl (C=O) groups excluding carboxylic acids is 1. The number of nitrogens with zero attached hydrogens (tertiary/aromatic N) is 1. The molecular formula is C11H13F3N2O4. The summed E-state index contributed by atoms with van der Waals surface area (Å²) in [6.07, 6.45) is -5.10. The summed E-state index contributed by atoms with van der Waals surface area (Å²) in [5, 5.41) is 0. The molecule has 0 aliphatic heterocycles. The van der Waals surface area contributed by atoms with Gasteiger partial charge in [0.1, 0.15) is 0 Å². The van der Waals surface area contributed by atoms with Crippen molar-refractivity contribution >= 4 is 5.97 Å². The summed E-state index contributed by atoms with van der Waals surface area (Å²) in [6, 6.07) is 1.27. The van der Waals surface area contributed by atoms with E-state index < -0.39 is 18.2 Å². The molecule has 0 aliphatic carbocycles. The second kappa shape index (κ2) is 6.42. The van der Waals surface area contributed by atoms with Gasteiger partial charge in [-0.1, -0.05) is 0 Å². The van der Waals surface area contributed by atoms with E-state index in [0.29, 0.717) is 0 Å². The Morgan fingerprint density at radius 2 is 1.95 bits per heavy atom. The normalized spacial score (nSPS) is 11.1. The average Bonchev–Trinajstić information content (AvgIpc) is 2.37. The van der Waals surface area contributed by atoms with Gasteiger partial charge >= 0.3 is 12.3 Å². The highest BCUT2D eigenvalue weighted by atomic mass is 19.4. The molecule has 112 valence electrons. The van der Waals surface area contributed by atoms with Crippen molar-refractivity contribution < 1.29 is 32.2 Å². The number of nitrogens with two attached hydrogens (primary N) is 1. The van der Waals surface area contributed by atoms with Crippen molar-refractivity contribution in [2.75, 3.05) is 14.2 Å². The summed E-state index contributed by atoms with van der Waals surface area (Å²) in [6.45, 7) is -0.240. The van der Waals surface area contributed by atoms with E-state index in [0.717, 1.165) is 0 Å². The molecule has 0 saturated carbocycles. The number of ether oxygens (including phenoxy) is 3. The molecule has 0 spiro atoms. The first-order valence-corrected chi connectivity index (χ1v) is 5.40. The Balaban J connectivity index is 3.19. The Labute approximate surface area is 112 Å². The third-order valence-corrected chi connectivity index (χ3v) is 2.29. The monoisotopic (exact) mass is 294 g/mol. The van der Waals surface area contributed by atoms with Gasteiger partial charge in [-0.05, 0) is 6.07 Å². The number of rotatable bonds is 5. The van der Waals surface area contributed by atoms with E-state index >= 15 is 0 Å². The largest absolute Gasteiger partial charge is 0.574 e. The Morgan fingerprint density at radius 1 is 1.30 bits per heavy atom. The highest BCUT2D eigenvalue weighted by Gasteiger charge is 2.33. The van der Waals surface area contributed by atoms with Crippen LogP contribution in [0.25, 0.3) is 0 Å². The summed E-state index contributed by atoms with van der Waals surface area (Å²) >= 11 is 0. The SMILES string of the molecule is COC(=O)Cc1cc(CN)c(OC(F)(F)F)nc1OC. The standard InChI is InChI=1S/C11H13F3N2O4/c1-18-8(17)4-6-3-7(5-15)10(16-9(6)19-2)20-11(12,13)14/h3H,4-5,15H2,1-2H3. The van der Waals surface area contributed by atoms with Gasteiger partial charge in [-0.2, -0.15) is 4.98 Å². The fraction of sp³-hybridized carbons (Fsp3) is 0.455. The summed E-state index contributed by atoms with van der Waals surface area (Å²) < 4.78 is 49.8. The van der Waals surface area contributed by atoms with Crippen LogP contribution in [0.3, 0.4) is 0 Å². The van der Waals surface area contributed by atoms with Crippen LogP contribution in [0.5, 0.6) is 11.8 Å². The number of halogens is 3. The van der Waals surface area contributed by atoms with Crippen LogP contribution >= 0.6 is 0 Å². The number of alkyl halides is 3. The molecule has 9 heteroatoms. The van der Waals surface area contributed by atoms with Crippen molar-refractivity contribution in [3.05, 3.63) is 17.2 Å². The predicted octanol–water partition coefficient (Wildman–Crippen LogP) is 1.16. The highest BCUT2D eigenvalue weighted by molar-refractivity contribution is 5.73. The van der Waals surface area contributed by atoms with E-state index in [9.17, 15) is 18.0 Å². The van der Waals surface area contributed by atoms with Crippen LogP contribution in [0.15, 0.2) is 6.07 Å². The lowest BCUT2D eigenvalue weighted by molar-refractivity contribution is -0.276. The topological polar surface area (TPSA) is 83.7 Å². The van der Waals surface area contributed by atoms with E-state index in [1.54, 1.807) is 0 Å². The minimum Gasteiger partial charge on any atom is -0.481 e. The molecule has 1 aromatic rings. The lowest BCUT2D eigenvalue weighted by Crippen LogP contribution is -2.20. The fourth-order valence-electron chi connectivity index (χ4n) is 1.44. The van der Waals surface area contributed by atoms with Crippen LogP contribution in [-0.2, 0) is 22.5 Å². The molecule has 0 fully saturated rings. The molecule has 0 aliphatic rings. The molecule has 0 bridgehead atoms. The minimum atomic E-state index is -4.90. The molecule has 1 rings (SSSR count). The number of carbonyl (C=O) groups is 1. The molecule has 20 heavy (non-hydrogen) atoms. The maximum Gasteiger partial charge on any atom is 0.574 e. The zero-order chi connectivity index (χ0) is 15.3. The molecule has 0 amide bonds. The lowest BCUT2D eigenvalue weighted by Gasteiger charge is -2.14. The van der Waals surface area contributed by atoms with E-state index in [2.05, 4.69) is 14.5 Å². The fourth-order valence-corrected chi connectivity index (χ4v) is 1.44. The Bertz CT molecular complexity index is 491. The van der Waals surface area contributed by atoms with Crippen molar-refractivity contribution in [3.8, 4) is 11.8 Å². The summed E-state index contributed by atoms with van der Waals surface area (Å²) in [5.41, 5.74) is 5.61. The van der Waals surface area contributed by atoms with Gasteiger partial charge in [0.25, 0.3) is 0 Å². The van der Waals surface area contributed by atoms with Crippen LogP contribution < -0.4 is 15.2 Å². The number of hydrogen-bond acceptors (Lipinski definition) is 6. The molecule has 0 saturated heterocycles. The number of hydrogen-bond donors (Lipinski definition) is 1. The van der Waals surface area contributed by atoms with Gasteiger partial charge in [0.15, 0.2) is 0 Å². The van der Waals surface area contributed by atoms with Crippen molar-refractivity contribution in [2.45, 2.75) is 19.3 Å². The van der Waals surface area contributed by atoms with Crippen molar-refractivity contribution in [3.63, 3.8) is 0 Å². The van der Waals surface area contributed by atoms with Crippen LogP contribution in [0, 0.1) is 0 Å². The van der Waals surface area contributed by atoms with Gasteiger partial charge in [0.05, 0.1) is 20.6 Å². The van der Waals surface area contributed by atoms with E-state index in [1.807, 2.05) is 0 Å². The third kappa shape index (κ3) is 4.26. The Morgan fingerprint density at radius 3 is 2.40 bits per heavy atom. The maximum atomic E-state index is 12.2. The molecule has 1 heterocycles. The van der Waals surface area contributed by atoms with Gasteiger partial charge in [0, 0.05) is 17.7 Å². The summed E-state index contributed by atoms with van der Waals surface area (Å²) in [5.74, 6) is -1.45. The smallest absolute Gasteiger partial charge is 0.481 e. The molecular weight excluding hydrogens is 281 g/mol. The molecule has 0 aromatic carbocycles. The molecule has 0 unspecified atom stereocenters. The molecule has 1 aromatic heterocycles. The summed E-state index contributed by atoms with van der Waals surface area (Å²) in [4.78, 5) is 14.8. The van der Waals surface area contributed by atoms with Gasteiger partial charge in [0.2, 0.25) is 11.8 Å². The number of aromatic nitrogens is 1. The molecule has 2 N–H and O–H groups in total. The number of methoxy groups -OCH3 is 2. The minimum absolute atomic E-state index is 0.00188.